The Hall–Kier alpha value is -1.36. The van der Waals surface area contributed by atoms with Gasteiger partial charge in [-0.25, -0.2) is 0 Å². The molecule has 1 atom stereocenters. The molecule has 5 heteroatoms. The molecule has 0 aromatic carbocycles. The van der Waals surface area contributed by atoms with E-state index < -0.39 is 5.54 Å². The predicted octanol–water partition coefficient (Wildman–Crippen LogP) is 0.276. The number of nitrogens with two attached hydrogens (primary N) is 1. The molecule has 0 radical (unpaired) electrons. The Bertz CT molecular complexity index is 354. The first-order chi connectivity index (χ1) is 6.84. The molecule has 0 aliphatic carbocycles. The molecule has 1 unspecified atom stereocenters. The van der Waals surface area contributed by atoms with E-state index in [2.05, 4.69) is 10.4 Å². The maximum Gasteiger partial charge on any atom is 0.270 e. The van der Waals surface area contributed by atoms with Crippen LogP contribution in [0.4, 0.5) is 0 Å². The zero-order valence-corrected chi connectivity index (χ0v) is 9.61. The fraction of sp³-hybridized carbons (Fsp3) is 0.600. The molecule has 1 heterocycles. The largest absolute Gasteiger partial charge is 0.344 e. The van der Waals surface area contributed by atoms with Gasteiger partial charge in [-0.3, -0.25) is 9.48 Å². The van der Waals surface area contributed by atoms with Gasteiger partial charge in [0.1, 0.15) is 5.69 Å². The summed E-state index contributed by atoms with van der Waals surface area (Å²) in [7, 11) is 1.73. The molecule has 5 nitrogen and oxygen atoms in total. The van der Waals surface area contributed by atoms with E-state index in [4.69, 9.17) is 5.73 Å². The number of amides is 1. The van der Waals surface area contributed by atoms with E-state index in [0.29, 0.717) is 5.69 Å². The lowest BCUT2D eigenvalue weighted by molar-refractivity contribution is 0.0893. The van der Waals surface area contributed by atoms with Crippen LogP contribution in [0.15, 0.2) is 12.3 Å². The molecule has 0 aliphatic heterocycles. The number of hydrogen-bond donors (Lipinski definition) is 2. The number of aromatic nitrogens is 2. The Morgan fingerprint density at radius 2 is 2.27 bits per heavy atom. The Kier molecular flexibility index (Phi) is 3.14. The molecule has 0 saturated carbocycles. The standard InChI is InChI=1S/C10H18N4O/c1-7(11)10(2,3)13-9(15)8-5-6-12-14(8)4/h5-7H,11H2,1-4H3,(H,13,15). The van der Waals surface area contributed by atoms with Crippen molar-refractivity contribution < 1.29 is 4.79 Å². The van der Waals surface area contributed by atoms with Crippen molar-refractivity contribution in [3.8, 4) is 0 Å². The molecular weight excluding hydrogens is 192 g/mol. The van der Waals surface area contributed by atoms with Crippen LogP contribution in [0.1, 0.15) is 31.3 Å². The second-order valence-electron chi connectivity index (χ2n) is 4.30. The monoisotopic (exact) mass is 210 g/mol. The van der Waals surface area contributed by atoms with Crippen LogP contribution in [0.25, 0.3) is 0 Å². The summed E-state index contributed by atoms with van der Waals surface area (Å²) in [5.74, 6) is -0.155. The fourth-order valence-electron chi connectivity index (χ4n) is 1.07. The van der Waals surface area contributed by atoms with Gasteiger partial charge in [0.2, 0.25) is 0 Å². The van der Waals surface area contributed by atoms with Crippen LogP contribution in [-0.2, 0) is 7.05 Å². The number of carbonyl (C=O) groups is 1. The highest BCUT2D eigenvalue weighted by molar-refractivity contribution is 5.92. The maximum absolute atomic E-state index is 11.8. The minimum atomic E-state index is -0.429. The third kappa shape index (κ3) is 2.56. The van der Waals surface area contributed by atoms with Crippen molar-refractivity contribution >= 4 is 5.91 Å². The van der Waals surface area contributed by atoms with Crippen molar-refractivity contribution in [3.63, 3.8) is 0 Å². The van der Waals surface area contributed by atoms with Crippen LogP contribution in [-0.4, -0.2) is 27.3 Å². The van der Waals surface area contributed by atoms with Crippen LogP contribution in [0, 0.1) is 0 Å². The maximum atomic E-state index is 11.8. The van der Waals surface area contributed by atoms with Crippen molar-refractivity contribution in [2.75, 3.05) is 0 Å². The summed E-state index contributed by atoms with van der Waals surface area (Å²) >= 11 is 0. The molecule has 0 spiro atoms. The number of nitrogens with zero attached hydrogens (tertiary/aromatic N) is 2. The third-order valence-corrected chi connectivity index (χ3v) is 2.63. The van der Waals surface area contributed by atoms with E-state index in [1.54, 1.807) is 19.3 Å². The number of carbonyl (C=O) groups excluding carboxylic acids is 1. The van der Waals surface area contributed by atoms with Crippen molar-refractivity contribution in [3.05, 3.63) is 18.0 Å². The predicted molar refractivity (Wildman–Crippen MR) is 58.4 cm³/mol. The normalized spacial score (nSPS) is 13.7. The lowest BCUT2D eigenvalue weighted by Crippen LogP contribution is -2.54. The van der Waals surface area contributed by atoms with Crippen molar-refractivity contribution in [1.82, 2.24) is 15.1 Å². The summed E-state index contributed by atoms with van der Waals surface area (Å²) in [6, 6.07) is 1.56. The lowest BCUT2D eigenvalue weighted by atomic mass is 9.97. The first-order valence-corrected chi connectivity index (χ1v) is 4.90. The Morgan fingerprint density at radius 3 is 2.67 bits per heavy atom. The lowest BCUT2D eigenvalue weighted by Gasteiger charge is -2.30. The topological polar surface area (TPSA) is 72.9 Å². The van der Waals surface area contributed by atoms with Crippen molar-refractivity contribution in [1.29, 1.82) is 0 Å². The van der Waals surface area contributed by atoms with Gasteiger partial charge in [-0.05, 0) is 26.8 Å². The Morgan fingerprint density at radius 1 is 1.67 bits per heavy atom. The molecule has 15 heavy (non-hydrogen) atoms. The summed E-state index contributed by atoms with van der Waals surface area (Å²) in [6.45, 7) is 5.65. The second-order valence-corrected chi connectivity index (χ2v) is 4.30. The molecule has 1 amide bonds. The average molecular weight is 210 g/mol. The summed E-state index contributed by atoms with van der Waals surface area (Å²) in [6.07, 6.45) is 1.59. The molecular formula is C10H18N4O. The van der Waals surface area contributed by atoms with Gasteiger partial charge in [-0.1, -0.05) is 0 Å². The number of aryl methyl sites for hydroxylation is 1. The first-order valence-electron chi connectivity index (χ1n) is 4.90. The van der Waals surface area contributed by atoms with E-state index in [9.17, 15) is 4.79 Å². The third-order valence-electron chi connectivity index (χ3n) is 2.63. The fourth-order valence-corrected chi connectivity index (χ4v) is 1.07. The molecule has 84 valence electrons. The Balaban J connectivity index is 2.77. The van der Waals surface area contributed by atoms with Gasteiger partial charge in [-0.15, -0.1) is 0 Å². The molecule has 1 aromatic rings. The number of hydrogen-bond acceptors (Lipinski definition) is 3. The van der Waals surface area contributed by atoms with E-state index in [-0.39, 0.29) is 11.9 Å². The highest BCUT2D eigenvalue weighted by Crippen LogP contribution is 2.08. The van der Waals surface area contributed by atoms with E-state index in [0.717, 1.165) is 0 Å². The smallest absolute Gasteiger partial charge is 0.270 e. The van der Waals surface area contributed by atoms with Crippen molar-refractivity contribution in [2.24, 2.45) is 12.8 Å². The summed E-state index contributed by atoms with van der Waals surface area (Å²) in [4.78, 5) is 11.8. The quantitative estimate of drug-likeness (QED) is 0.752. The number of nitrogens with one attached hydrogen (secondary N) is 1. The average Bonchev–Trinajstić information content (AvgIpc) is 2.50. The molecule has 1 rings (SSSR count). The second kappa shape index (κ2) is 4.02. The molecule has 3 N–H and O–H groups in total. The van der Waals surface area contributed by atoms with Crippen molar-refractivity contribution in [2.45, 2.75) is 32.4 Å². The molecule has 0 aliphatic rings. The van der Waals surface area contributed by atoms with Gasteiger partial charge in [0.15, 0.2) is 0 Å². The highest BCUT2D eigenvalue weighted by Gasteiger charge is 2.26. The zero-order chi connectivity index (χ0) is 11.6. The van der Waals surface area contributed by atoms with Gasteiger partial charge in [0.25, 0.3) is 5.91 Å². The van der Waals surface area contributed by atoms with E-state index in [1.165, 1.54) is 4.68 Å². The van der Waals surface area contributed by atoms with Gasteiger partial charge >= 0.3 is 0 Å². The first kappa shape index (κ1) is 11.7. The van der Waals surface area contributed by atoms with Gasteiger partial charge in [0, 0.05) is 24.8 Å². The highest BCUT2D eigenvalue weighted by atomic mass is 16.2. The number of rotatable bonds is 3. The molecule has 0 bridgehead atoms. The van der Waals surface area contributed by atoms with Gasteiger partial charge in [0.05, 0.1) is 0 Å². The molecule has 1 aromatic heterocycles. The molecule has 0 saturated heterocycles. The minimum Gasteiger partial charge on any atom is -0.344 e. The SMILES string of the molecule is CC(N)C(C)(C)NC(=O)c1ccnn1C. The van der Waals surface area contributed by atoms with Crippen LogP contribution in [0.3, 0.4) is 0 Å². The summed E-state index contributed by atoms with van der Waals surface area (Å²) in [5.41, 5.74) is 5.87. The zero-order valence-electron chi connectivity index (χ0n) is 9.61. The molecule has 0 fully saturated rings. The van der Waals surface area contributed by atoms with E-state index in [1.807, 2.05) is 20.8 Å². The van der Waals surface area contributed by atoms with Crippen LogP contribution < -0.4 is 11.1 Å². The van der Waals surface area contributed by atoms with Crippen LogP contribution in [0.2, 0.25) is 0 Å². The van der Waals surface area contributed by atoms with Crippen LogP contribution in [0.5, 0.6) is 0 Å². The minimum absolute atomic E-state index is 0.116. The van der Waals surface area contributed by atoms with Gasteiger partial charge < -0.3 is 11.1 Å². The van der Waals surface area contributed by atoms with E-state index >= 15 is 0 Å². The van der Waals surface area contributed by atoms with Gasteiger partial charge in [-0.2, -0.15) is 5.10 Å². The Labute approximate surface area is 89.6 Å². The summed E-state index contributed by atoms with van der Waals surface area (Å²) < 4.78 is 1.53. The summed E-state index contributed by atoms with van der Waals surface area (Å²) in [5, 5.41) is 6.81. The van der Waals surface area contributed by atoms with Crippen LogP contribution >= 0.6 is 0 Å².